The van der Waals surface area contributed by atoms with Crippen LogP contribution in [0.3, 0.4) is 0 Å². The molecule has 1 N–H and O–H groups in total. The molecule has 0 amide bonds. The maximum absolute atomic E-state index is 14.6. The number of hydrogen-bond donors (Lipinski definition) is 1. The van der Waals surface area contributed by atoms with E-state index in [1.165, 1.54) is 25.3 Å². The van der Waals surface area contributed by atoms with E-state index in [0.717, 1.165) is 12.1 Å². The van der Waals surface area contributed by atoms with Crippen molar-refractivity contribution in [1.82, 2.24) is 5.32 Å². The van der Waals surface area contributed by atoms with E-state index in [9.17, 15) is 22.4 Å². The van der Waals surface area contributed by atoms with Crippen LogP contribution in [0.25, 0.3) is 11.6 Å². The zero-order chi connectivity index (χ0) is 20.1. The summed E-state index contributed by atoms with van der Waals surface area (Å²) in [5, 5.41) is 2.71. The van der Waals surface area contributed by atoms with E-state index in [4.69, 9.17) is 4.74 Å². The standard InChI is InChI=1S/C21H15F4NO2/c1-26-20-16(12-6-4-7-13(9-12)21(23,24)25)18(27)19(28-20)17-14-8-3-2-5-11(14)10-15(17)22/h2-10,17,19,26H,1H3. The van der Waals surface area contributed by atoms with Gasteiger partial charge in [-0.1, -0.05) is 36.4 Å². The molecule has 2 atom stereocenters. The van der Waals surface area contributed by atoms with Crippen molar-refractivity contribution in [3.63, 3.8) is 0 Å². The van der Waals surface area contributed by atoms with Crippen molar-refractivity contribution in [3.05, 3.63) is 82.5 Å². The number of nitrogens with one attached hydrogen (secondary N) is 1. The monoisotopic (exact) mass is 389 g/mol. The van der Waals surface area contributed by atoms with Gasteiger partial charge in [-0.2, -0.15) is 13.2 Å². The molecule has 7 heteroatoms. The first-order valence-electron chi connectivity index (χ1n) is 8.58. The minimum atomic E-state index is -4.54. The fourth-order valence-electron chi connectivity index (χ4n) is 3.64. The van der Waals surface area contributed by atoms with E-state index < -0.39 is 35.4 Å². The van der Waals surface area contributed by atoms with Crippen LogP contribution in [0, 0.1) is 0 Å². The summed E-state index contributed by atoms with van der Waals surface area (Å²) in [6, 6.07) is 11.4. The molecule has 0 radical (unpaired) electrons. The lowest BCUT2D eigenvalue weighted by Crippen LogP contribution is -2.26. The fraction of sp³-hybridized carbons (Fsp3) is 0.190. The Hall–Kier alpha value is -3.09. The van der Waals surface area contributed by atoms with Crippen LogP contribution >= 0.6 is 0 Å². The Morgan fingerprint density at radius 1 is 1.07 bits per heavy atom. The number of rotatable bonds is 3. The first-order chi connectivity index (χ1) is 13.3. The van der Waals surface area contributed by atoms with Crippen LogP contribution in [0.2, 0.25) is 0 Å². The molecule has 0 bridgehead atoms. The number of ether oxygens (including phenoxy) is 1. The highest BCUT2D eigenvalue weighted by Gasteiger charge is 2.45. The zero-order valence-electron chi connectivity index (χ0n) is 14.7. The Labute approximate surface area is 158 Å². The van der Waals surface area contributed by atoms with Crippen LogP contribution in [0.15, 0.2) is 60.2 Å². The summed E-state index contributed by atoms with van der Waals surface area (Å²) in [6.07, 6.45) is -4.39. The Bertz CT molecular complexity index is 1020. The summed E-state index contributed by atoms with van der Waals surface area (Å²) < 4.78 is 59.5. The number of alkyl halides is 3. The number of benzene rings is 2. The number of fused-ring (bicyclic) bond motifs is 1. The van der Waals surface area contributed by atoms with Crippen molar-refractivity contribution >= 4 is 17.4 Å². The Morgan fingerprint density at radius 3 is 2.54 bits per heavy atom. The average molecular weight is 389 g/mol. The minimum absolute atomic E-state index is 0.0178. The molecule has 1 aliphatic heterocycles. The van der Waals surface area contributed by atoms with E-state index in [0.29, 0.717) is 11.1 Å². The zero-order valence-corrected chi connectivity index (χ0v) is 14.7. The molecule has 0 saturated carbocycles. The van der Waals surface area contributed by atoms with Gasteiger partial charge < -0.3 is 10.1 Å². The summed E-state index contributed by atoms with van der Waals surface area (Å²) in [4.78, 5) is 13.1. The third kappa shape index (κ3) is 2.87. The second-order valence-electron chi connectivity index (χ2n) is 6.57. The van der Waals surface area contributed by atoms with Crippen LogP contribution in [0.4, 0.5) is 17.6 Å². The summed E-state index contributed by atoms with van der Waals surface area (Å²) in [6.45, 7) is 0. The molecule has 2 unspecified atom stereocenters. The Morgan fingerprint density at radius 2 is 1.82 bits per heavy atom. The van der Waals surface area contributed by atoms with Crippen molar-refractivity contribution in [2.24, 2.45) is 0 Å². The van der Waals surface area contributed by atoms with Gasteiger partial charge in [0.15, 0.2) is 12.0 Å². The number of carbonyl (C=O) groups is 1. The molecule has 1 heterocycles. The summed E-state index contributed by atoms with van der Waals surface area (Å²) in [5.41, 5.74) is 0.443. The highest BCUT2D eigenvalue weighted by molar-refractivity contribution is 6.25. The third-order valence-electron chi connectivity index (χ3n) is 4.91. The van der Waals surface area contributed by atoms with Crippen molar-refractivity contribution in [3.8, 4) is 0 Å². The van der Waals surface area contributed by atoms with Gasteiger partial charge in [0.2, 0.25) is 5.78 Å². The molecule has 0 fully saturated rings. The van der Waals surface area contributed by atoms with E-state index >= 15 is 0 Å². The van der Waals surface area contributed by atoms with Gasteiger partial charge in [0.1, 0.15) is 5.83 Å². The largest absolute Gasteiger partial charge is 0.466 e. The minimum Gasteiger partial charge on any atom is -0.466 e. The first kappa shape index (κ1) is 18.3. The molecule has 1 aliphatic carbocycles. The lowest BCUT2D eigenvalue weighted by atomic mass is 9.89. The molecule has 2 aromatic carbocycles. The van der Waals surface area contributed by atoms with E-state index in [1.54, 1.807) is 24.3 Å². The topological polar surface area (TPSA) is 38.3 Å². The van der Waals surface area contributed by atoms with Gasteiger partial charge in [0.05, 0.1) is 17.1 Å². The molecule has 144 valence electrons. The van der Waals surface area contributed by atoms with Crippen molar-refractivity contribution < 1.29 is 27.1 Å². The Balaban J connectivity index is 1.73. The second-order valence-corrected chi connectivity index (χ2v) is 6.57. The maximum Gasteiger partial charge on any atom is 0.416 e. The smallest absolute Gasteiger partial charge is 0.416 e. The van der Waals surface area contributed by atoms with Crippen molar-refractivity contribution in [1.29, 1.82) is 0 Å². The maximum atomic E-state index is 14.6. The fourth-order valence-corrected chi connectivity index (χ4v) is 3.64. The molecule has 2 aromatic rings. The van der Waals surface area contributed by atoms with Crippen LogP contribution in [-0.2, 0) is 15.7 Å². The predicted octanol–water partition coefficient (Wildman–Crippen LogP) is 4.67. The molecule has 0 saturated heterocycles. The number of halogens is 4. The third-order valence-corrected chi connectivity index (χ3v) is 4.91. The molecular formula is C21H15F4NO2. The molecule has 2 aliphatic rings. The molecule has 4 rings (SSSR count). The normalized spacial score (nSPS) is 21.5. The number of hydrogen-bond acceptors (Lipinski definition) is 3. The molecular weight excluding hydrogens is 374 g/mol. The van der Waals surface area contributed by atoms with Crippen LogP contribution < -0.4 is 5.32 Å². The predicted molar refractivity (Wildman–Crippen MR) is 95.6 cm³/mol. The molecule has 0 aromatic heterocycles. The quantitative estimate of drug-likeness (QED) is 0.776. The summed E-state index contributed by atoms with van der Waals surface area (Å²) in [7, 11) is 1.49. The highest BCUT2D eigenvalue weighted by Crippen LogP contribution is 2.45. The van der Waals surface area contributed by atoms with Gasteiger partial charge in [-0.3, -0.25) is 4.79 Å². The SMILES string of the molecule is CNC1=C(c2cccc(C(F)(F)F)c2)C(=O)C(C2C(F)=Cc3ccccc32)O1. The highest BCUT2D eigenvalue weighted by atomic mass is 19.4. The molecule has 0 spiro atoms. The van der Waals surface area contributed by atoms with E-state index in [2.05, 4.69) is 5.32 Å². The first-order valence-corrected chi connectivity index (χ1v) is 8.58. The number of carbonyl (C=O) groups excluding carboxylic acids is 1. The van der Waals surface area contributed by atoms with Gasteiger partial charge in [-0.05, 0) is 34.9 Å². The Kier molecular flexibility index (Phi) is 4.25. The van der Waals surface area contributed by atoms with Crippen LogP contribution in [-0.4, -0.2) is 18.9 Å². The molecule has 3 nitrogen and oxygen atoms in total. The van der Waals surface area contributed by atoms with E-state index in [-0.39, 0.29) is 17.0 Å². The average Bonchev–Trinajstić information content (AvgIpc) is 3.16. The molecule has 28 heavy (non-hydrogen) atoms. The summed E-state index contributed by atoms with van der Waals surface area (Å²) >= 11 is 0. The number of Topliss-reactive ketones (excluding diaryl/α,β-unsaturated/α-hetero) is 1. The van der Waals surface area contributed by atoms with Gasteiger partial charge in [0, 0.05) is 7.05 Å². The van der Waals surface area contributed by atoms with Gasteiger partial charge in [-0.25, -0.2) is 4.39 Å². The lowest BCUT2D eigenvalue weighted by Gasteiger charge is -2.19. The van der Waals surface area contributed by atoms with Gasteiger partial charge in [-0.15, -0.1) is 0 Å². The lowest BCUT2D eigenvalue weighted by molar-refractivity contribution is -0.137. The van der Waals surface area contributed by atoms with E-state index in [1.807, 2.05) is 0 Å². The van der Waals surface area contributed by atoms with Gasteiger partial charge in [0.25, 0.3) is 0 Å². The summed E-state index contributed by atoms with van der Waals surface area (Å²) in [5.74, 6) is -1.98. The van der Waals surface area contributed by atoms with Crippen molar-refractivity contribution in [2.45, 2.75) is 18.2 Å². The van der Waals surface area contributed by atoms with Crippen LogP contribution in [0.1, 0.15) is 28.2 Å². The second kappa shape index (κ2) is 6.51. The number of ketones is 1. The van der Waals surface area contributed by atoms with Crippen molar-refractivity contribution in [2.75, 3.05) is 7.05 Å². The van der Waals surface area contributed by atoms with Crippen LogP contribution in [0.5, 0.6) is 0 Å². The van der Waals surface area contributed by atoms with Gasteiger partial charge >= 0.3 is 6.18 Å².